The summed E-state index contributed by atoms with van der Waals surface area (Å²) in [5.41, 5.74) is 0.539. The van der Waals surface area contributed by atoms with Gasteiger partial charge >= 0.3 is 0 Å². The second kappa shape index (κ2) is 6.08. The third-order valence-electron chi connectivity index (χ3n) is 4.98. The highest BCUT2D eigenvalue weighted by Gasteiger charge is 2.34. The van der Waals surface area contributed by atoms with Crippen molar-refractivity contribution < 1.29 is 0 Å². The van der Waals surface area contributed by atoms with Crippen LogP contribution in [-0.2, 0) is 0 Å². The van der Waals surface area contributed by atoms with E-state index in [1.807, 2.05) is 0 Å². The molecule has 0 spiro atoms. The Balaban J connectivity index is 0.00000120. The zero-order valence-electron chi connectivity index (χ0n) is 11.7. The monoisotopic (exact) mass is 273 g/mol. The molecule has 2 unspecified atom stereocenters. The van der Waals surface area contributed by atoms with E-state index < -0.39 is 0 Å². The van der Waals surface area contributed by atoms with E-state index in [2.05, 4.69) is 22.0 Å². The summed E-state index contributed by atoms with van der Waals surface area (Å²) in [7, 11) is 0. The third kappa shape index (κ3) is 3.19. The lowest BCUT2D eigenvalue weighted by Crippen LogP contribution is -2.56. The van der Waals surface area contributed by atoms with Gasteiger partial charge in [-0.2, -0.15) is 0 Å². The molecule has 3 saturated heterocycles. The Kier molecular flexibility index (Phi) is 4.92. The lowest BCUT2D eigenvalue weighted by atomic mass is 9.88. The van der Waals surface area contributed by atoms with E-state index in [0.717, 1.165) is 6.04 Å². The second-order valence-corrected chi connectivity index (χ2v) is 6.66. The number of piperazine rings is 1. The summed E-state index contributed by atoms with van der Waals surface area (Å²) in [5.74, 6) is 0. The SMILES string of the molecule is CC1(CN2CCN3CCCCC3C2)CCNC1.Cl. The van der Waals surface area contributed by atoms with E-state index in [1.165, 1.54) is 71.5 Å². The molecule has 2 atom stereocenters. The molecule has 3 aliphatic heterocycles. The van der Waals surface area contributed by atoms with Crippen LogP contribution in [-0.4, -0.2) is 61.7 Å². The first-order valence-corrected chi connectivity index (χ1v) is 7.42. The van der Waals surface area contributed by atoms with Crippen molar-refractivity contribution in [2.24, 2.45) is 5.41 Å². The predicted octanol–water partition coefficient (Wildman–Crippen LogP) is 1.58. The van der Waals surface area contributed by atoms with Gasteiger partial charge in [0.1, 0.15) is 0 Å². The van der Waals surface area contributed by atoms with E-state index in [4.69, 9.17) is 0 Å². The fourth-order valence-corrected chi connectivity index (χ4v) is 3.91. The minimum Gasteiger partial charge on any atom is -0.316 e. The Bertz CT molecular complexity index is 266. The minimum atomic E-state index is 0. The van der Waals surface area contributed by atoms with Crippen molar-refractivity contribution in [2.75, 3.05) is 45.8 Å². The first-order chi connectivity index (χ1) is 8.25. The maximum absolute atomic E-state index is 3.52. The molecule has 3 aliphatic rings. The van der Waals surface area contributed by atoms with Crippen molar-refractivity contribution in [3.63, 3.8) is 0 Å². The van der Waals surface area contributed by atoms with Crippen LogP contribution in [0.25, 0.3) is 0 Å². The van der Waals surface area contributed by atoms with Gasteiger partial charge in [0.25, 0.3) is 0 Å². The van der Waals surface area contributed by atoms with Crippen LogP contribution in [0, 0.1) is 5.41 Å². The summed E-state index contributed by atoms with van der Waals surface area (Å²) < 4.78 is 0. The molecule has 4 heteroatoms. The summed E-state index contributed by atoms with van der Waals surface area (Å²) in [6.07, 6.45) is 5.68. The highest BCUT2D eigenvalue weighted by molar-refractivity contribution is 5.85. The molecule has 0 bridgehead atoms. The number of fused-ring (bicyclic) bond motifs is 1. The quantitative estimate of drug-likeness (QED) is 0.824. The van der Waals surface area contributed by atoms with Gasteiger partial charge in [-0.1, -0.05) is 13.3 Å². The van der Waals surface area contributed by atoms with E-state index in [0.29, 0.717) is 5.41 Å². The first-order valence-electron chi connectivity index (χ1n) is 7.42. The van der Waals surface area contributed by atoms with Crippen molar-refractivity contribution in [3.05, 3.63) is 0 Å². The number of hydrogen-bond donors (Lipinski definition) is 1. The number of piperidine rings is 1. The minimum absolute atomic E-state index is 0. The normalized spacial score (nSPS) is 38.2. The maximum atomic E-state index is 3.52. The van der Waals surface area contributed by atoms with Gasteiger partial charge in [-0.25, -0.2) is 0 Å². The molecule has 106 valence electrons. The predicted molar refractivity (Wildman–Crippen MR) is 78.5 cm³/mol. The average molecular weight is 274 g/mol. The second-order valence-electron chi connectivity index (χ2n) is 6.66. The lowest BCUT2D eigenvalue weighted by molar-refractivity contribution is 0.0318. The lowest BCUT2D eigenvalue weighted by Gasteiger charge is -2.45. The van der Waals surface area contributed by atoms with Crippen LogP contribution in [0.1, 0.15) is 32.6 Å². The van der Waals surface area contributed by atoms with Gasteiger partial charge in [0.05, 0.1) is 0 Å². The number of halogens is 1. The Hall–Kier alpha value is 0.170. The summed E-state index contributed by atoms with van der Waals surface area (Å²) in [5, 5.41) is 3.52. The molecule has 1 N–H and O–H groups in total. The highest BCUT2D eigenvalue weighted by Crippen LogP contribution is 2.28. The number of nitrogens with zero attached hydrogens (tertiary/aromatic N) is 2. The van der Waals surface area contributed by atoms with Gasteiger partial charge in [0.2, 0.25) is 0 Å². The standard InChI is InChI=1S/C14H27N3.ClH/c1-14(5-6-15-11-14)12-16-8-9-17-7-3-2-4-13(17)10-16;/h13,15H,2-12H2,1H3;1H. The summed E-state index contributed by atoms with van der Waals surface area (Å²) in [6.45, 7) is 11.5. The molecule has 18 heavy (non-hydrogen) atoms. The molecular formula is C14H28ClN3. The van der Waals surface area contributed by atoms with Crippen molar-refractivity contribution in [2.45, 2.75) is 38.6 Å². The average Bonchev–Trinajstić information content (AvgIpc) is 2.76. The number of rotatable bonds is 2. The summed E-state index contributed by atoms with van der Waals surface area (Å²) in [4.78, 5) is 5.47. The molecule has 3 nitrogen and oxygen atoms in total. The van der Waals surface area contributed by atoms with E-state index in [1.54, 1.807) is 0 Å². The first kappa shape index (κ1) is 14.6. The van der Waals surface area contributed by atoms with Crippen LogP contribution >= 0.6 is 12.4 Å². The third-order valence-corrected chi connectivity index (χ3v) is 4.98. The Labute approximate surface area is 118 Å². The van der Waals surface area contributed by atoms with E-state index in [9.17, 15) is 0 Å². The van der Waals surface area contributed by atoms with Crippen LogP contribution < -0.4 is 5.32 Å². The van der Waals surface area contributed by atoms with Gasteiger partial charge in [0.15, 0.2) is 0 Å². The van der Waals surface area contributed by atoms with Gasteiger partial charge in [0, 0.05) is 38.8 Å². The van der Waals surface area contributed by atoms with Gasteiger partial charge in [-0.15, -0.1) is 12.4 Å². The number of hydrogen-bond acceptors (Lipinski definition) is 3. The number of nitrogens with one attached hydrogen (secondary N) is 1. The van der Waals surface area contributed by atoms with Crippen LogP contribution in [0.5, 0.6) is 0 Å². The smallest absolute Gasteiger partial charge is 0.0223 e. The molecule has 0 aliphatic carbocycles. The fourth-order valence-electron chi connectivity index (χ4n) is 3.91. The Morgan fingerprint density at radius 1 is 1.22 bits per heavy atom. The van der Waals surface area contributed by atoms with Gasteiger partial charge in [-0.3, -0.25) is 9.80 Å². The van der Waals surface area contributed by atoms with Crippen LogP contribution in [0.2, 0.25) is 0 Å². The summed E-state index contributed by atoms with van der Waals surface area (Å²) in [6, 6.07) is 0.871. The maximum Gasteiger partial charge on any atom is 0.0223 e. The zero-order chi connectivity index (χ0) is 11.7. The van der Waals surface area contributed by atoms with Crippen molar-refractivity contribution in [1.82, 2.24) is 15.1 Å². The van der Waals surface area contributed by atoms with E-state index >= 15 is 0 Å². The topological polar surface area (TPSA) is 18.5 Å². The molecule has 0 aromatic rings. The molecule has 3 rings (SSSR count). The van der Waals surface area contributed by atoms with E-state index in [-0.39, 0.29) is 12.4 Å². The van der Waals surface area contributed by atoms with Crippen LogP contribution in [0.3, 0.4) is 0 Å². The van der Waals surface area contributed by atoms with Crippen LogP contribution in [0.15, 0.2) is 0 Å². The molecule has 0 radical (unpaired) electrons. The van der Waals surface area contributed by atoms with Crippen LogP contribution in [0.4, 0.5) is 0 Å². The molecule has 0 aromatic carbocycles. The molecule has 3 fully saturated rings. The Morgan fingerprint density at radius 3 is 2.89 bits per heavy atom. The summed E-state index contributed by atoms with van der Waals surface area (Å²) >= 11 is 0. The molecular weight excluding hydrogens is 246 g/mol. The van der Waals surface area contributed by atoms with Gasteiger partial charge < -0.3 is 5.32 Å². The molecule has 0 aromatic heterocycles. The highest BCUT2D eigenvalue weighted by atomic mass is 35.5. The molecule has 0 saturated carbocycles. The molecule has 0 amide bonds. The molecule has 3 heterocycles. The largest absolute Gasteiger partial charge is 0.316 e. The van der Waals surface area contributed by atoms with Gasteiger partial charge in [-0.05, 0) is 37.8 Å². The van der Waals surface area contributed by atoms with Crippen molar-refractivity contribution >= 4 is 12.4 Å². The Morgan fingerprint density at radius 2 is 2.11 bits per heavy atom. The van der Waals surface area contributed by atoms with Crippen molar-refractivity contribution in [1.29, 1.82) is 0 Å². The van der Waals surface area contributed by atoms with Crippen molar-refractivity contribution in [3.8, 4) is 0 Å². The zero-order valence-corrected chi connectivity index (χ0v) is 12.5. The fraction of sp³-hybridized carbons (Fsp3) is 1.00.